The molecule has 0 bridgehead atoms. The number of nitrogens with zero attached hydrogens (tertiary/aromatic N) is 5. The highest BCUT2D eigenvalue weighted by Crippen LogP contribution is 2.32. The number of carbonyl (C=O) groups is 2. The van der Waals surface area contributed by atoms with Crippen molar-refractivity contribution >= 4 is 50.5 Å². The Balaban J connectivity index is 1.21. The summed E-state index contributed by atoms with van der Waals surface area (Å²) in [4.78, 5) is 36.9. The molecule has 0 aliphatic carbocycles. The van der Waals surface area contributed by atoms with Crippen molar-refractivity contribution in [2.45, 2.75) is 44.9 Å². The van der Waals surface area contributed by atoms with Crippen molar-refractivity contribution < 1.29 is 14.3 Å². The van der Waals surface area contributed by atoms with E-state index in [0.717, 1.165) is 33.8 Å². The Hall–Kier alpha value is -3.44. The first-order chi connectivity index (χ1) is 17.7. The summed E-state index contributed by atoms with van der Waals surface area (Å²) >= 11 is 2.85. The second kappa shape index (κ2) is 10.1. The van der Waals surface area contributed by atoms with Crippen molar-refractivity contribution in [1.82, 2.24) is 25.1 Å². The molecule has 2 amide bonds. The summed E-state index contributed by atoms with van der Waals surface area (Å²) in [5.74, 6) is 0.445. The highest BCUT2D eigenvalue weighted by atomic mass is 32.1. The van der Waals surface area contributed by atoms with Gasteiger partial charge in [-0.2, -0.15) is 0 Å². The number of likely N-dealkylation sites (tertiary alicyclic amines) is 1. The number of rotatable bonds is 5. The van der Waals surface area contributed by atoms with Crippen molar-refractivity contribution in [2.24, 2.45) is 0 Å². The smallest absolute Gasteiger partial charge is 0.276 e. The van der Waals surface area contributed by atoms with Crippen LogP contribution in [0.1, 0.15) is 70.5 Å². The maximum absolute atomic E-state index is 13.2. The molecule has 1 aromatic carbocycles. The number of piperidine rings is 1. The largest absolute Gasteiger partial charge is 0.496 e. The zero-order chi connectivity index (χ0) is 26.2. The van der Waals surface area contributed by atoms with Crippen LogP contribution in [0.5, 0.6) is 5.75 Å². The van der Waals surface area contributed by atoms with Crippen molar-refractivity contribution in [3.8, 4) is 5.75 Å². The third-order valence-electron chi connectivity index (χ3n) is 6.29. The number of anilines is 1. The summed E-state index contributed by atoms with van der Waals surface area (Å²) in [6.45, 7) is 7.36. The lowest BCUT2D eigenvalue weighted by Crippen LogP contribution is -2.38. The average Bonchev–Trinajstić information content (AvgIpc) is 3.58. The van der Waals surface area contributed by atoms with Crippen molar-refractivity contribution in [1.29, 1.82) is 0 Å². The fourth-order valence-electron chi connectivity index (χ4n) is 4.23. The van der Waals surface area contributed by atoms with Gasteiger partial charge in [-0.15, -0.1) is 21.5 Å². The van der Waals surface area contributed by atoms with Gasteiger partial charge in [-0.25, -0.2) is 9.97 Å². The molecule has 0 unspecified atom stereocenters. The fraction of sp³-hybridized carbons (Fsp3) is 0.385. The van der Waals surface area contributed by atoms with Crippen molar-refractivity contribution in [3.05, 3.63) is 57.1 Å². The molecule has 192 valence electrons. The molecule has 1 aliphatic heterocycles. The molecule has 1 N–H and O–H groups in total. The molecule has 9 nitrogen and oxygen atoms in total. The number of amides is 2. The van der Waals surface area contributed by atoms with Crippen LogP contribution in [0.4, 0.5) is 5.13 Å². The molecule has 1 fully saturated rings. The lowest BCUT2D eigenvalue weighted by Gasteiger charge is -2.31. The standard InChI is InChI=1S/C26H28N6O3S2/c1-26(2,3)24-30-31-25(37-24)29-21(33)19-14-36-22(28-19)15-9-11-32(12-10-15)23(34)18-13-20(35-4)16-7-5-6-8-17(16)27-18/h5-8,13-15H,9-12H2,1-4H3,(H,29,31,33). The van der Waals surface area contributed by atoms with Gasteiger partial charge in [-0.1, -0.05) is 44.2 Å². The van der Waals surface area contributed by atoms with Crippen LogP contribution in [0.2, 0.25) is 0 Å². The molecule has 0 spiro atoms. The van der Waals surface area contributed by atoms with Crippen molar-refractivity contribution in [3.63, 3.8) is 0 Å². The van der Waals surface area contributed by atoms with Gasteiger partial charge < -0.3 is 9.64 Å². The first-order valence-electron chi connectivity index (χ1n) is 12.1. The molecular formula is C26H28N6O3S2. The number of benzene rings is 1. The Bertz CT molecular complexity index is 1450. The van der Waals surface area contributed by atoms with E-state index in [-0.39, 0.29) is 23.1 Å². The molecule has 1 aliphatic rings. The number of pyridine rings is 1. The predicted octanol–water partition coefficient (Wildman–Crippen LogP) is 5.12. The number of fused-ring (bicyclic) bond motifs is 1. The number of thiazole rings is 1. The monoisotopic (exact) mass is 536 g/mol. The van der Waals surface area contributed by atoms with E-state index in [1.807, 2.05) is 29.2 Å². The molecule has 0 saturated carbocycles. The SMILES string of the molecule is COc1cc(C(=O)N2CCC(c3nc(C(=O)Nc4nnc(C(C)(C)C)s4)cs3)CC2)nc2ccccc12. The van der Waals surface area contributed by atoms with Gasteiger partial charge >= 0.3 is 0 Å². The minimum Gasteiger partial charge on any atom is -0.496 e. The van der Waals surface area contributed by atoms with Crippen LogP contribution in [0.25, 0.3) is 10.9 Å². The summed E-state index contributed by atoms with van der Waals surface area (Å²) in [5, 5.41) is 16.0. The molecule has 5 rings (SSSR count). The highest BCUT2D eigenvalue weighted by molar-refractivity contribution is 7.15. The Kier molecular flexibility index (Phi) is 6.91. The van der Waals surface area contributed by atoms with E-state index in [1.165, 1.54) is 22.7 Å². The zero-order valence-electron chi connectivity index (χ0n) is 21.1. The normalized spacial score (nSPS) is 14.6. The van der Waals surface area contributed by atoms with E-state index in [0.29, 0.717) is 35.4 Å². The van der Waals surface area contributed by atoms with Gasteiger partial charge in [0.2, 0.25) is 5.13 Å². The zero-order valence-corrected chi connectivity index (χ0v) is 22.8. The summed E-state index contributed by atoms with van der Waals surface area (Å²) in [6.07, 6.45) is 1.55. The fourth-order valence-corrected chi connectivity index (χ4v) is 6.00. The molecule has 4 heterocycles. The van der Waals surface area contributed by atoms with Crippen LogP contribution < -0.4 is 10.1 Å². The second-order valence-electron chi connectivity index (χ2n) is 9.98. The lowest BCUT2D eigenvalue weighted by atomic mass is 9.97. The molecule has 37 heavy (non-hydrogen) atoms. The first kappa shape index (κ1) is 25.2. The minimum absolute atomic E-state index is 0.103. The van der Waals surface area contributed by atoms with Gasteiger partial charge in [0, 0.05) is 41.3 Å². The second-order valence-corrected chi connectivity index (χ2v) is 11.8. The number of aromatic nitrogens is 4. The van der Waals surface area contributed by atoms with E-state index in [2.05, 4.69) is 46.3 Å². The summed E-state index contributed by atoms with van der Waals surface area (Å²) in [7, 11) is 1.60. The summed E-state index contributed by atoms with van der Waals surface area (Å²) < 4.78 is 5.50. The average molecular weight is 537 g/mol. The van der Waals surface area contributed by atoms with Gasteiger partial charge in [-0.3, -0.25) is 14.9 Å². The summed E-state index contributed by atoms with van der Waals surface area (Å²) in [5.41, 5.74) is 1.37. The molecule has 11 heteroatoms. The van der Waals surface area contributed by atoms with Gasteiger partial charge in [0.25, 0.3) is 11.8 Å². The molecule has 1 saturated heterocycles. The Labute approximate surface area is 222 Å². The Morgan fingerprint density at radius 2 is 1.84 bits per heavy atom. The van der Waals surface area contributed by atoms with E-state index < -0.39 is 0 Å². The lowest BCUT2D eigenvalue weighted by molar-refractivity contribution is 0.0707. The quantitative estimate of drug-likeness (QED) is 0.377. The predicted molar refractivity (Wildman–Crippen MR) is 145 cm³/mol. The van der Waals surface area contributed by atoms with Crippen molar-refractivity contribution in [2.75, 3.05) is 25.5 Å². The number of methoxy groups -OCH3 is 1. The molecule has 3 aromatic heterocycles. The maximum Gasteiger partial charge on any atom is 0.276 e. The minimum atomic E-state index is -0.289. The topological polar surface area (TPSA) is 110 Å². The molecule has 0 radical (unpaired) electrons. The van der Waals surface area contributed by atoms with Gasteiger partial charge in [-0.05, 0) is 25.0 Å². The Morgan fingerprint density at radius 3 is 2.54 bits per heavy atom. The van der Waals surface area contributed by atoms with Crippen LogP contribution in [0, 0.1) is 0 Å². The number of hydrogen-bond acceptors (Lipinski definition) is 9. The number of hydrogen-bond donors (Lipinski definition) is 1. The molecular weight excluding hydrogens is 508 g/mol. The first-order valence-corrected chi connectivity index (χ1v) is 13.8. The van der Waals surface area contributed by atoms with Gasteiger partial charge in [0.05, 0.1) is 17.6 Å². The van der Waals surface area contributed by atoms with Crippen LogP contribution >= 0.6 is 22.7 Å². The van der Waals surface area contributed by atoms with Crippen LogP contribution in [-0.2, 0) is 5.41 Å². The summed E-state index contributed by atoms with van der Waals surface area (Å²) in [6, 6.07) is 9.34. The van der Waals surface area contributed by atoms with Crippen LogP contribution in [0.15, 0.2) is 35.7 Å². The third-order valence-corrected chi connectivity index (χ3v) is 8.56. The Morgan fingerprint density at radius 1 is 1.08 bits per heavy atom. The molecule has 4 aromatic rings. The van der Waals surface area contributed by atoms with E-state index in [9.17, 15) is 9.59 Å². The van der Waals surface area contributed by atoms with Gasteiger partial charge in [0.15, 0.2) is 0 Å². The van der Waals surface area contributed by atoms with Crippen LogP contribution in [-0.4, -0.2) is 57.1 Å². The van der Waals surface area contributed by atoms with E-state index in [1.54, 1.807) is 18.6 Å². The third kappa shape index (κ3) is 5.33. The molecule has 0 atom stereocenters. The number of nitrogens with one attached hydrogen (secondary N) is 1. The number of carbonyl (C=O) groups excluding carboxylic acids is 2. The number of para-hydroxylation sites is 1. The van der Waals surface area contributed by atoms with Crippen LogP contribution in [0.3, 0.4) is 0 Å². The van der Waals surface area contributed by atoms with Gasteiger partial charge in [0.1, 0.15) is 22.1 Å². The van der Waals surface area contributed by atoms with E-state index >= 15 is 0 Å². The highest BCUT2D eigenvalue weighted by Gasteiger charge is 2.28. The maximum atomic E-state index is 13.2. The van der Waals surface area contributed by atoms with E-state index in [4.69, 9.17) is 4.74 Å². The number of ether oxygens (including phenoxy) is 1.